The van der Waals surface area contributed by atoms with Crippen LogP contribution in [0.4, 0.5) is 4.79 Å². The van der Waals surface area contributed by atoms with Gasteiger partial charge in [-0.25, -0.2) is 9.59 Å². The van der Waals surface area contributed by atoms with Gasteiger partial charge in [0.1, 0.15) is 0 Å². The van der Waals surface area contributed by atoms with Crippen molar-refractivity contribution in [2.45, 2.75) is 0 Å². The van der Waals surface area contributed by atoms with E-state index in [4.69, 9.17) is 5.11 Å². The van der Waals surface area contributed by atoms with Gasteiger partial charge in [-0.1, -0.05) is 0 Å². The van der Waals surface area contributed by atoms with Gasteiger partial charge in [0, 0.05) is 11.6 Å². The number of carboxylic acids is 1. The van der Waals surface area contributed by atoms with E-state index in [-0.39, 0.29) is 5.56 Å². The van der Waals surface area contributed by atoms with Gasteiger partial charge < -0.3 is 9.84 Å². The molecule has 5 heteroatoms. The first-order chi connectivity index (χ1) is 7.63. The summed E-state index contributed by atoms with van der Waals surface area (Å²) in [7, 11) is 1.29. The third kappa shape index (κ3) is 1.52. The third-order valence-electron chi connectivity index (χ3n) is 2.31. The summed E-state index contributed by atoms with van der Waals surface area (Å²) in [6.07, 6.45) is 1.04. The lowest BCUT2D eigenvalue weighted by molar-refractivity contribution is 0.0697. The van der Waals surface area contributed by atoms with E-state index in [1.54, 1.807) is 18.3 Å². The van der Waals surface area contributed by atoms with Crippen LogP contribution in [-0.2, 0) is 4.74 Å². The maximum Gasteiger partial charge on any atom is 0.418 e. The van der Waals surface area contributed by atoms with Crippen molar-refractivity contribution in [2.75, 3.05) is 7.11 Å². The second-order valence-electron chi connectivity index (χ2n) is 3.23. The number of ether oxygens (including phenoxy) is 1. The van der Waals surface area contributed by atoms with Crippen molar-refractivity contribution in [3.63, 3.8) is 0 Å². The van der Waals surface area contributed by atoms with Gasteiger partial charge in [0.15, 0.2) is 0 Å². The molecule has 0 saturated carbocycles. The van der Waals surface area contributed by atoms with Crippen LogP contribution in [-0.4, -0.2) is 28.8 Å². The van der Waals surface area contributed by atoms with Crippen LogP contribution in [0.2, 0.25) is 0 Å². The summed E-state index contributed by atoms with van der Waals surface area (Å²) in [5.41, 5.74) is 0.812. The van der Waals surface area contributed by atoms with Crippen LogP contribution in [0.1, 0.15) is 10.4 Å². The number of benzene rings is 1. The SMILES string of the molecule is COC(=O)n1ccc2cc(C(=O)O)ccc21. The summed E-state index contributed by atoms with van der Waals surface area (Å²) in [5, 5.41) is 9.49. The van der Waals surface area contributed by atoms with E-state index in [9.17, 15) is 9.59 Å². The van der Waals surface area contributed by atoms with Gasteiger partial charge in [0.05, 0.1) is 18.2 Å². The number of hydrogen-bond acceptors (Lipinski definition) is 3. The first kappa shape index (κ1) is 10.2. The molecule has 0 unspecified atom stereocenters. The zero-order valence-electron chi connectivity index (χ0n) is 8.51. The Morgan fingerprint density at radius 2 is 2.06 bits per heavy atom. The highest BCUT2D eigenvalue weighted by Gasteiger charge is 2.10. The minimum Gasteiger partial charge on any atom is -0.478 e. The average Bonchev–Trinajstić information content (AvgIpc) is 2.70. The van der Waals surface area contributed by atoms with Crippen LogP contribution >= 0.6 is 0 Å². The van der Waals surface area contributed by atoms with Crippen molar-refractivity contribution in [3.05, 3.63) is 36.0 Å². The van der Waals surface area contributed by atoms with Crippen molar-refractivity contribution in [3.8, 4) is 0 Å². The summed E-state index contributed by atoms with van der Waals surface area (Å²) < 4.78 is 5.91. The van der Waals surface area contributed by atoms with Crippen LogP contribution in [0.25, 0.3) is 10.9 Å². The van der Waals surface area contributed by atoms with E-state index in [1.807, 2.05) is 0 Å². The van der Waals surface area contributed by atoms with Crippen molar-refractivity contribution >= 4 is 23.0 Å². The predicted octanol–water partition coefficient (Wildman–Crippen LogP) is 1.95. The number of fused-ring (bicyclic) bond motifs is 1. The number of rotatable bonds is 1. The number of carbonyl (C=O) groups excluding carboxylic acids is 1. The Morgan fingerprint density at radius 3 is 2.69 bits per heavy atom. The molecule has 0 aliphatic rings. The molecule has 82 valence electrons. The molecule has 0 atom stereocenters. The molecule has 0 radical (unpaired) electrons. The smallest absolute Gasteiger partial charge is 0.418 e. The lowest BCUT2D eigenvalue weighted by Gasteiger charge is -2.01. The minimum atomic E-state index is -0.993. The van der Waals surface area contributed by atoms with E-state index in [0.29, 0.717) is 10.9 Å². The number of aromatic nitrogens is 1. The minimum absolute atomic E-state index is 0.190. The van der Waals surface area contributed by atoms with Gasteiger partial charge in [-0.3, -0.25) is 4.57 Å². The van der Waals surface area contributed by atoms with Crippen LogP contribution in [0.15, 0.2) is 30.5 Å². The van der Waals surface area contributed by atoms with Gasteiger partial charge in [0.25, 0.3) is 0 Å². The van der Waals surface area contributed by atoms with Gasteiger partial charge in [-0.05, 0) is 24.3 Å². The van der Waals surface area contributed by atoms with E-state index in [0.717, 1.165) is 0 Å². The molecule has 0 aliphatic heterocycles. The number of aromatic carboxylic acids is 1. The van der Waals surface area contributed by atoms with E-state index >= 15 is 0 Å². The van der Waals surface area contributed by atoms with E-state index in [1.165, 1.54) is 23.8 Å². The molecule has 1 aromatic carbocycles. The lowest BCUT2D eigenvalue weighted by atomic mass is 10.1. The Bertz CT molecular complexity index is 570. The third-order valence-corrected chi connectivity index (χ3v) is 2.31. The summed E-state index contributed by atoms with van der Waals surface area (Å²) in [5.74, 6) is -0.993. The number of nitrogens with zero attached hydrogens (tertiary/aromatic N) is 1. The van der Waals surface area contributed by atoms with Gasteiger partial charge >= 0.3 is 12.1 Å². The molecule has 1 aromatic heterocycles. The zero-order chi connectivity index (χ0) is 11.7. The average molecular weight is 219 g/mol. The highest BCUT2D eigenvalue weighted by Crippen LogP contribution is 2.17. The fraction of sp³-hybridized carbons (Fsp3) is 0.0909. The molecule has 5 nitrogen and oxygen atoms in total. The number of carboxylic acid groups (broad SMARTS) is 1. The predicted molar refractivity (Wildman–Crippen MR) is 56.7 cm³/mol. The Balaban J connectivity index is 2.59. The van der Waals surface area contributed by atoms with Gasteiger partial charge in [0.2, 0.25) is 0 Å². The highest BCUT2D eigenvalue weighted by atomic mass is 16.5. The van der Waals surface area contributed by atoms with Crippen LogP contribution in [0.5, 0.6) is 0 Å². The molecule has 0 saturated heterocycles. The fourth-order valence-corrected chi connectivity index (χ4v) is 1.53. The summed E-state index contributed by atoms with van der Waals surface area (Å²) in [6, 6.07) is 6.20. The molecule has 0 amide bonds. The van der Waals surface area contributed by atoms with E-state index in [2.05, 4.69) is 4.74 Å². The van der Waals surface area contributed by atoms with Crippen LogP contribution in [0, 0.1) is 0 Å². The topological polar surface area (TPSA) is 68.5 Å². The van der Waals surface area contributed by atoms with Crippen LogP contribution in [0.3, 0.4) is 0 Å². The maximum atomic E-state index is 11.3. The standard InChI is InChI=1S/C11H9NO4/c1-16-11(15)12-5-4-7-6-8(10(13)14)2-3-9(7)12/h2-6H,1H3,(H,13,14). The summed E-state index contributed by atoms with van der Waals surface area (Å²) in [6.45, 7) is 0. The summed E-state index contributed by atoms with van der Waals surface area (Å²) >= 11 is 0. The highest BCUT2D eigenvalue weighted by molar-refractivity contribution is 5.96. The largest absolute Gasteiger partial charge is 0.478 e. The quantitative estimate of drug-likeness (QED) is 0.795. The van der Waals surface area contributed by atoms with Crippen molar-refractivity contribution in [1.82, 2.24) is 4.57 Å². The second-order valence-corrected chi connectivity index (χ2v) is 3.23. The van der Waals surface area contributed by atoms with Gasteiger partial charge in [-0.2, -0.15) is 0 Å². The van der Waals surface area contributed by atoms with Crippen molar-refractivity contribution in [1.29, 1.82) is 0 Å². The van der Waals surface area contributed by atoms with Crippen molar-refractivity contribution in [2.24, 2.45) is 0 Å². The molecule has 0 aliphatic carbocycles. The lowest BCUT2D eigenvalue weighted by Crippen LogP contribution is -2.09. The molecule has 1 N–H and O–H groups in total. The van der Waals surface area contributed by atoms with Crippen LogP contribution < -0.4 is 0 Å². The zero-order valence-corrected chi connectivity index (χ0v) is 8.51. The normalized spacial score (nSPS) is 10.3. The Labute approximate surface area is 90.9 Å². The number of carbonyl (C=O) groups is 2. The Kier molecular flexibility index (Phi) is 2.36. The molecule has 16 heavy (non-hydrogen) atoms. The number of methoxy groups -OCH3 is 1. The Hall–Kier alpha value is -2.30. The first-order valence-electron chi connectivity index (χ1n) is 4.56. The first-order valence-corrected chi connectivity index (χ1v) is 4.56. The van der Waals surface area contributed by atoms with E-state index < -0.39 is 12.1 Å². The molecule has 0 fully saturated rings. The molecular formula is C11H9NO4. The molecular weight excluding hydrogens is 210 g/mol. The molecule has 0 bridgehead atoms. The molecule has 0 spiro atoms. The second kappa shape index (κ2) is 3.69. The monoisotopic (exact) mass is 219 g/mol. The molecule has 2 rings (SSSR count). The Morgan fingerprint density at radius 1 is 1.31 bits per heavy atom. The van der Waals surface area contributed by atoms with Gasteiger partial charge in [-0.15, -0.1) is 0 Å². The molecule has 1 heterocycles. The number of hydrogen-bond donors (Lipinski definition) is 1. The summed E-state index contributed by atoms with van der Waals surface area (Å²) in [4.78, 5) is 22.1. The molecule has 2 aromatic rings. The van der Waals surface area contributed by atoms with Crippen molar-refractivity contribution < 1.29 is 19.4 Å². The maximum absolute atomic E-state index is 11.3. The fourth-order valence-electron chi connectivity index (χ4n) is 1.53.